The van der Waals surface area contributed by atoms with Crippen molar-refractivity contribution in [2.75, 3.05) is 6.54 Å². The molecule has 3 aromatic heterocycles. The van der Waals surface area contributed by atoms with Gasteiger partial charge in [-0.3, -0.25) is 0 Å². The van der Waals surface area contributed by atoms with Crippen LogP contribution in [0, 0.1) is 0 Å². The first-order valence-corrected chi connectivity index (χ1v) is 8.38. The lowest BCUT2D eigenvalue weighted by atomic mass is 10.0. The Morgan fingerprint density at radius 2 is 2.04 bits per heavy atom. The Labute approximate surface area is 141 Å². The molecular formula is C18H22N6. The summed E-state index contributed by atoms with van der Waals surface area (Å²) in [5.41, 5.74) is 12.8. The molecule has 0 saturated carbocycles. The van der Waals surface area contributed by atoms with Gasteiger partial charge in [-0.1, -0.05) is 32.3 Å². The summed E-state index contributed by atoms with van der Waals surface area (Å²) in [5.74, 6) is 1.74. The number of fused-ring (bicyclic) bond motifs is 2. The van der Waals surface area contributed by atoms with E-state index in [4.69, 9.17) is 0 Å². The van der Waals surface area contributed by atoms with Gasteiger partial charge in [0.25, 0.3) is 0 Å². The molecule has 0 radical (unpaired) electrons. The normalized spacial score (nSPS) is 17.6. The minimum atomic E-state index is 0.341. The van der Waals surface area contributed by atoms with E-state index >= 15 is 0 Å². The van der Waals surface area contributed by atoms with Crippen LogP contribution < -0.4 is 9.79 Å². The molecule has 0 spiro atoms. The average Bonchev–Trinajstić information content (AvgIpc) is 3.18. The van der Waals surface area contributed by atoms with Gasteiger partial charge in [-0.2, -0.15) is 0 Å². The van der Waals surface area contributed by atoms with Gasteiger partial charge in [-0.25, -0.2) is 10.1 Å². The molecule has 1 unspecified atom stereocenters. The van der Waals surface area contributed by atoms with Gasteiger partial charge in [0.2, 0.25) is 0 Å². The number of aromatic nitrogens is 3. The van der Waals surface area contributed by atoms with E-state index in [2.05, 4.69) is 67.3 Å². The summed E-state index contributed by atoms with van der Waals surface area (Å²) >= 11 is 0. The smallest absolute Gasteiger partial charge is 0.178 e. The van der Waals surface area contributed by atoms with Crippen LogP contribution in [-0.4, -0.2) is 15.9 Å². The number of quaternary nitrogens is 1. The molecule has 6 nitrogen and oxygen atoms in total. The highest BCUT2D eigenvalue weighted by molar-refractivity contribution is 5.42. The fourth-order valence-electron chi connectivity index (χ4n) is 3.00. The summed E-state index contributed by atoms with van der Waals surface area (Å²) in [6, 6.07) is 8.46. The third kappa shape index (κ3) is 2.69. The molecule has 4 heterocycles. The molecule has 0 aliphatic carbocycles. The first kappa shape index (κ1) is 15.0. The Morgan fingerprint density at radius 3 is 2.88 bits per heavy atom. The maximum atomic E-state index is 4.66. The van der Waals surface area contributed by atoms with Gasteiger partial charge in [0.1, 0.15) is 12.2 Å². The predicted molar refractivity (Wildman–Crippen MR) is 91.9 cm³/mol. The molecule has 2 atom stereocenters. The highest BCUT2D eigenvalue weighted by Crippen LogP contribution is 2.20. The minimum Gasteiger partial charge on any atom is -0.391 e. The van der Waals surface area contributed by atoms with Crippen LogP contribution in [0.1, 0.15) is 43.7 Å². The number of hydrogen-bond donors (Lipinski definition) is 1. The van der Waals surface area contributed by atoms with Gasteiger partial charge >= 0.3 is 0 Å². The third-order valence-corrected chi connectivity index (χ3v) is 4.54. The van der Waals surface area contributed by atoms with Crippen molar-refractivity contribution in [3.05, 3.63) is 71.1 Å². The molecule has 0 saturated heterocycles. The van der Waals surface area contributed by atoms with Gasteiger partial charge in [0.15, 0.2) is 5.82 Å². The fourth-order valence-corrected chi connectivity index (χ4v) is 3.00. The van der Waals surface area contributed by atoms with E-state index in [-0.39, 0.29) is 0 Å². The van der Waals surface area contributed by atoms with Gasteiger partial charge in [-0.05, 0) is 41.4 Å². The van der Waals surface area contributed by atoms with Crippen molar-refractivity contribution in [3.63, 3.8) is 0 Å². The number of imidazole rings is 1. The second kappa shape index (κ2) is 5.79. The molecule has 124 valence electrons. The van der Waals surface area contributed by atoms with E-state index in [1.54, 1.807) is 0 Å². The summed E-state index contributed by atoms with van der Waals surface area (Å²) in [6.07, 6.45) is 7.91. The maximum absolute atomic E-state index is 4.66. The van der Waals surface area contributed by atoms with Gasteiger partial charge in [-0.15, -0.1) is 0 Å². The van der Waals surface area contributed by atoms with Crippen molar-refractivity contribution >= 4 is 11.5 Å². The van der Waals surface area contributed by atoms with E-state index in [9.17, 15) is 0 Å². The van der Waals surface area contributed by atoms with Crippen molar-refractivity contribution in [2.45, 2.75) is 32.6 Å². The molecule has 0 fully saturated rings. The number of nitrogens with zero attached hydrogens (tertiary/aromatic N) is 5. The summed E-state index contributed by atoms with van der Waals surface area (Å²) in [4.78, 5) is 4.36. The first-order valence-electron chi connectivity index (χ1n) is 8.38. The minimum absolute atomic E-state index is 0.341. The van der Waals surface area contributed by atoms with Crippen molar-refractivity contribution in [3.8, 4) is 0 Å². The molecular weight excluding hydrogens is 300 g/mol. The van der Waals surface area contributed by atoms with Crippen LogP contribution in [0.5, 0.6) is 0 Å². The van der Waals surface area contributed by atoms with Crippen LogP contribution in [0.2, 0.25) is 0 Å². The maximum Gasteiger partial charge on any atom is 0.178 e. The zero-order valence-corrected chi connectivity index (χ0v) is 14.2. The highest BCUT2D eigenvalue weighted by atomic mass is 15.9. The summed E-state index contributed by atoms with van der Waals surface area (Å²) in [7, 11) is 0. The monoisotopic (exact) mass is 322 g/mol. The van der Waals surface area contributed by atoms with Crippen LogP contribution in [0.15, 0.2) is 49.1 Å². The fraction of sp³-hybridized carbons (Fsp3) is 0.333. The van der Waals surface area contributed by atoms with Crippen LogP contribution in [-0.2, 0) is 0 Å². The number of rotatable bonds is 4. The Hall–Kier alpha value is -2.60. The molecule has 1 N–H and O–H groups in total. The van der Waals surface area contributed by atoms with Crippen LogP contribution >= 0.6 is 0 Å². The molecule has 0 bridgehead atoms. The lowest BCUT2D eigenvalue weighted by Gasteiger charge is -2.24. The number of pyridine rings is 2. The molecule has 1 aliphatic heterocycles. The summed E-state index contributed by atoms with van der Waals surface area (Å²) < 4.78 is 3.92. The average molecular weight is 322 g/mol. The van der Waals surface area contributed by atoms with E-state index in [0.717, 1.165) is 23.1 Å². The molecule has 4 rings (SSSR count). The largest absolute Gasteiger partial charge is 0.391 e. The van der Waals surface area contributed by atoms with Crippen molar-refractivity contribution in [1.29, 1.82) is 0 Å². The first-order chi connectivity index (χ1) is 11.6. The summed E-state index contributed by atoms with van der Waals surface area (Å²) in [5, 5.41) is 0.881. The van der Waals surface area contributed by atoms with E-state index < -0.39 is 0 Å². The molecule has 0 aromatic carbocycles. The highest BCUT2D eigenvalue weighted by Gasteiger charge is 2.19. The van der Waals surface area contributed by atoms with Crippen molar-refractivity contribution < 1.29 is 9.79 Å². The molecule has 3 aromatic rings. The molecule has 0 amide bonds. The molecule has 6 heteroatoms. The zero-order chi connectivity index (χ0) is 16.7. The van der Waals surface area contributed by atoms with Crippen molar-refractivity contribution in [2.24, 2.45) is 0 Å². The molecule has 24 heavy (non-hydrogen) atoms. The Balaban J connectivity index is 1.47. The Morgan fingerprint density at radius 1 is 1.17 bits per heavy atom. The number of nitrogens with one attached hydrogen (secondary N) is 1. The topological polar surface area (TPSA) is 53.8 Å². The van der Waals surface area contributed by atoms with Gasteiger partial charge in [0, 0.05) is 24.5 Å². The second-order valence-electron chi connectivity index (χ2n) is 6.71. The zero-order valence-electron chi connectivity index (χ0n) is 14.2. The second-order valence-corrected chi connectivity index (χ2v) is 6.71. The van der Waals surface area contributed by atoms with Crippen molar-refractivity contribution in [1.82, 2.24) is 9.38 Å². The Kier molecular flexibility index (Phi) is 3.61. The van der Waals surface area contributed by atoms with Crippen LogP contribution in [0.25, 0.3) is 16.6 Å². The quantitative estimate of drug-likeness (QED) is 0.737. The van der Waals surface area contributed by atoms with E-state index in [0.29, 0.717) is 11.8 Å². The third-order valence-electron chi connectivity index (χ3n) is 4.54. The van der Waals surface area contributed by atoms with Gasteiger partial charge in [0.05, 0.1) is 0 Å². The standard InChI is InChI=1S/C18H22N6/c1-13(2)16-4-5-17-20-24(21-23(17)12-16)11-14(3)15-6-8-22-9-7-19-18(22)10-15/h4-10,12-14,24H,11H2,1-3H3/t14-/m0/s1. The SMILES string of the molecule is CC(C)c1ccc2[n+](c1)[N-][NH+](C[C@H](C)c1ccn3ccnc3c1)[N-]2. The predicted octanol–water partition coefficient (Wildman–Crippen LogP) is 2.42. The lowest BCUT2D eigenvalue weighted by molar-refractivity contribution is -0.892. The van der Waals surface area contributed by atoms with Crippen LogP contribution in [0.3, 0.4) is 0 Å². The molecule has 1 aliphatic rings. The van der Waals surface area contributed by atoms with Gasteiger partial charge < -0.3 is 14.6 Å². The summed E-state index contributed by atoms with van der Waals surface area (Å²) in [6.45, 7) is 7.40. The Bertz CT molecular complexity index is 869. The lowest BCUT2D eigenvalue weighted by Crippen LogP contribution is -3.03. The van der Waals surface area contributed by atoms with E-state index in [1.807, 2.05) is 27.5 Å². The van der Waals surface area contributed by atoms with Crippen LogP contribution in [0.4, 0.5) is 5.82 Å². The van der Waals surface area contributed by atoms with E-state index in [1.165, 1.54) is 11.1 Å². The number of hydrogen-bond acceptors (Lipinski definition) is 1.